The first kappa shape index (κ1) is 21.8. The second-order valence-electron chi connectivity index (χ2n) is 8.41. The molecule has 0 saturated carbocycles. The molecule has 162 valence electrons. The van der Waals surface area contributed by atoms with Gasteiger partial charge in [0.2, 0.25) is 5.91 Å². The predicted molar refractivity (Wildman–Crippen MR) is 118 cm³/mol. The Bertz CT molecular complexity index is 639. The zero-order chi connectivity index (χ0) is 20.5. The molecule has 1 aromatic rings. The minimum Gasteiger partial charge on any atom is -0.370 e. The molecule has 3 rings (SSSR count). The van der Waals surface area contributed by atoms with Gasteiger partial charge < -0.3 is 15.5 Å². The van der Waals surface area contributed by atoms with Crippen molar-refractivity contribution >= 4 is 17.5 Å². The van der Waals surface area contributed by atoms with Gasteiger partial charge in [-0.05, 0) is 57.5 Å². The molecule has 0 spiro atoms. The van der Waals surface area contributed by atoms with Gasteiger partial charge in [0.05, 0.1) is 0 Å². The monoisotopic (exact) mass is 402 g/mol. The van der Waals surface area contributed by atoms with Crippen LogP contribution in [0.1, 0.15) is 58.8 Å². The molecular formula is C22H38N6O. The molecule has 2 aliphatic rings. The number of nitrogens with one attached hydrogen (secondary N) is 2. The van der Waals surface area contributed by atoms with Gasteiger partial charge in [0.1, 0.15) is 18.0 Å². The molecule has 2 N–H and O–H groups in total. The summed E-state index contributed by atoms with van der Waals surface area (Å²) >= 11 is 0. The van der Waals surface area contributed by atoms with Gasteiger partial charge in [-0.2, -0.15) is 0 Å². The maximum absolute atomic E-state index is 12.4. The molecule has 1 amide bonds. The summed E-state index contributed by atoms with van der Waals surface area (Å²) in [4.78, 5) is 26.0. The molecule has 0 aliphatic carbocycles. The Labute approximate surface area is 175 Å². The number of anilines is 2. The van der Waals surface area contributed by atoms with E-state index in [1.54, 1.807) is 6.33 Å². The number of rotatable bonds is 10. The highest BCUT2D eigenvalue weighted by atomic mass is 16.1. The molecular weight excluding hydrogens is 364 g/mol. The normalized spacial score (nSPS) is 22.6. The van der Waals surface area contributed by atoms with Gasteiger partial charge in [0.25, 0.3) is 0 Å². The number of carbonyl (C=O) groups is 1. The van der Waals surface area contributed by atoms with E-state index in [0.29, 0.717) is 18.4 Å². The van der Waals surface area contributed by atoms with E-state index >= 15 is 0 Å². The summed E-state index contributed by atoms with van der Waals surface area (Å²) in [6.45, 7) is 10.3. The zero-order valence-electron chi connectivity index (χ0n) is 18.2. The van der Waals surface area contributed by atoms with Crippen molar-refractivity contribution in [2.75, 3.05) is 49.5 Å². The van der Waals surface area contributed by atoms with Crippen LogP contribution in [0.4, 0.5) is 11.6 Å². The fourth-order valence-electron chi connectivity index (χ4n) is 4.58. The number of hydrogen-bond acceptors (Lipinski definition) is 6. The lowest BCUT2D eigenvalue weighted by molar-refractivity contribution is -0.121. The number of piperidine rings is 1. The predicted octanol–water partition coefficient (Wildman–Crippen LogP) is 2.90. The quantitative estimate of drug-likeness (QED) is 0.627. The first-order chi connectivity index (χ1) is 14.2. The van der Waals surface area contributed by atoms with Crippen molar-refractivity contribution in [3.8, 4) is 0 Å². The average molecular weight is 403 g/mol. The molecule has 7 nitrogen and oxygen atoms in total. The molecule has 1 aromatic heterocycles. The number of nitrogens with zero attached hydrogens (tertiary/aromatic N) is 4. The minimum atomic E-state index is 0.207. The van der Waals surface area contributed by atoms with Crippen molar-refractivity contribution in [3.63, 3.8) is 0 Å². The smallest absolute Gasteiger partial charge is 0.220 e. The highest BCUT2D eigenvalue weighted by Gasteiger charge is 2.24. The summed E-state index contributed by atoms with van der Waals surface area (Å²) in [5.74, 6) is 2.65. The standard InChI is InChI=1S/C22H38N6O/c1-3-11-23-20-14-21(26-17-25-20)28-13-5-7-18(16-28)9-10-22(29)24-15-19-8-6-12-27(19)4-2/h14,17-19H,3-13,15-16H2,1-2H3,(H,24,29)(H,23,25,26)/t18-,19+/m1/s1. The lowest BCUT2D eigenvalue weighted by Crippen LogP contribution is -2.40. The van der Waals surface area contributed by atoms with Crippen LogP contribution in [-0.2, 0) is 4.79 Å². The maximum Gasteiger partial charge on any atom is 0.220 e. The van der Waals surface area contributed by atoms with Gasteiger partial charge in [-0.3, -0.25) is 9.69 Å². The third-order valence-electron chi connectivity index (χ3n) is 6.27. The summed E-state index contributed by atoms with van der Waals surface area (Å²) in [7, 11) is 0. The molecule has 2 aliphatic heterocycles. The second-order valence-corrected chi connectivity index (χ2v) is 8.41. The summed E-state index contributed by atoms with van der Waals surface area (Å²) in [6, 6.07) is 2.58. The summed E-state index contributed by atoms with van der Waals surface area (Å²) in [5.41, 5.74) is 0. The lowest BCUT2D eigenvalue weighted by atomic mass is 9.93. The SMILES string of the molecule is CCCNc1cc(N2CCC[C@H](CCC(=O)NC[C@@H]3CCCN3CC)C2)ncn1. The number of likely N-dealkylation sites (tertiary alicyclic amines) is 1. The van der Waals surface area contributed by atoms with E-state index in [1.165, 1.54) is 25.8 Å². The van der Waals surface area contributed by atoms with Crippen molar-refractivity contribution in [1.29, 1.82) is 0 Å². The van der Waals surface area contributed by atoms with Gasteiger partial charge in [-0.15, -0.1) is 0 Å². The van der Waals surface area contributed by atoms with Crippen LogP contribution in [0.5, 0.6) is 0 Å². The van der Waals surface area contributed by atoms with Crippen LogP contribution in [0, 0.1) is 5.92 Å². The maximum atomic E-state index is 12.4. The third kappa shape index (κ3) is 6.56. The van der Waals surface area contributed by atoms with Crippen LogP contribution < -0.4 is 15.5 Å². The van der Waals surface area contributed by atoms with E-state index in [2.05, 4.69) is 44.2 Å². The van der Waals surface area contributed by atoms with Crippen molar-refractivity contribution in [3.05, 3.63) is 12.4 Å². The second kappa shape index (κ2) is 11.3. The third-order valence-corrected chi connectivity index (χ3v) is 6.27. The van der Waals surface area contributed by atoms with Crippen LogP contribution in [-0.4, -0.2) is 66.1 Å². The molecule has 2 saturated heterocycles. The molecule has 29 heavy (non-hydrogen) atoms. The molecule has 3 heterocycles. The highest BCUT2D eigenvalue weighted by Crippen LogP contribution is 2.25. The Hall–Kier alpha value is -1.89. The van der Waals surface area contributed by atoms with E-state index in [9.17, 15) is 4.79 Å². The number of likely N-dealkylation sites (N-methyl/N-ethyl adjacent to an activating group) is 1. The van der Waals surface area contributed by atoms with E-state index in [0.717, 1.165) is 63.6 Å². The van der Waals surface area contributed by atoms with Crippen molar-refractivity contribution in [2.24, 2.45) is 5.92 Å². The van der Waals surface area contributed by atoms with E-state index < -0.39 is 0 Å². The van der Waals surface area contributed by atoms with E-state index in [1.807, 2.05) is 6.07 Å². The molecule has 2 atom stereocenters. The van der Waals surface area contributed by atoms with Crippen molar-refractivity contribution < 1.29 is 4.79 Å². The van der Waals surface area contributed by atoms with Gasteiger partial charge in [0, 0.05) is 44.7 Å². The van der Waals surface area contributed by atoms with Crippen LogP contribution in [0.25, 0.3) is 0 Å². The van der Waals surface area contributed by atoms with Gasteiger partial charge in [-0.25, -0.2) is 9.97 Å². The minimum absolute atomic E-state index is 0.207. The number of carbonyl (C=O) groups excluding carboxylic acids is 1. The van der Waals surface area contributed by atoms with Crippen LogP contribution >= 0.6 is 0 Å². The fourth-order valence-corrected chi connectivity index (χ4v) is 4.58. The lowest BCUT2D eigenvalue weighted by Gasteiger charge is -2.33. The summed E-state index contributed by atoms with van der Waals surface area (Å²) in [6.07, 6.45) is 9.12. The van der Waals surface area contributed by atoms with Gasteiger partial charge in [-0.1, -0.05) is 13.8 Å². The molecule has 2 fully saturated rings. The highest BCUT2D eigenvalue weighted by molar-refractivity contribution is 5.75. The first-order valence-corrected chi connectivity index (χ1v) is 11.5. The van der Waals surface area contributed by atoms with Crippen LogP contribution in [0.3, 0.4) is 0 Å². The van der Waals surface area contributed by atoms with Crippen molar-refractivity contribution in [2.45, 2.75) is 64.8 Å². The Morgan fingerprint density at radius 1 is 1.21 bits per heavy atom. The molecule has 7 heteroatoms. The Kier molecular flexibility index (Phi) is 8.52. The number of amides is 1. The summed E-state index contributed by atoms with van der Waals surface area (Å²) < 4.78 is 0. The number of hydrogen-bond donors (Lipinski definition) is 2. The Morgan fingerprint density at radius 3 is 2.90 bits per heavy atom. The summed E-state index contributed by atoms with van der Waals surface area (Å²) in [5, 5.41) is 6.51. The molecule has 0 unspecified atom stereocenters. The average Bonchev–Trinajstić information content (AvgIpc) is 3.23. The van der Waals surface area contributed by atoms with Gasteiger partial charge >= 0.3 is 0 Å². The number of aromatic nitrogens is 2. The van der Waals surface area contributed by atoms with Crippen LogP contribution in [0.2, 0.25) is 0 Å². The first-order valence-electron chi connectivity index (χ1n) is 11.5. The van der Waals surface area contributed by atoms with Crippen molar-refractivity contribution in [1.82, 2.24) is 20.2 Å². The molecule has 0 bridgehead atoms. The largest absolute Gasteiger partial charge is 0.370 e. The molecule has 0 aromatic carbocycles. The Morgan fingerprint density at radius 2 is 2.07 bits per heavy atom. The van der Waals surface area contributed by atoms with Crippen LogP contribution in [0.15, 0.2) is 12.4 Å². The van der Waals surface area contributed by atoms with E-state index in [-0.39, 0.29) is 5.91 Å². The topological polar surface area (TPSA) is 73.4 Å². The van der Waals surface area contributed by atoms with E-state index in [4.69, 9.17) is 0 Å². The molecule has 0 radical (unpaired) electrons. The Balaban J connectivity index is 1.42. The van der Waals surface area contributed by atoms with Gasteiger partial charge in [0.15, 0.2) is 0 Å². The fraction of sp³-hybridized carbons (Fsp3) is 0.773. The zero-order valence-corrected chi connectivity index (χ0v) is 18.2.